The molecule has 0 bridgehead atoms. The SMILES string of the molecule is COc1ccc(-c2ncco2)cc1-c1cc(NS(=O)(=O)c2c(OC)cccc2OC)no1. The summed E-state index contributed by atoms with van der Waals surface area (Å²) in [5, 5.41) is 3.84. The number of methoxy groups -OCH3 is 3. The van der Waals surface area contributed by atoms with E-state index in [2.05, 4.69) is 14.9 Å². The monoisotopic (exact) mass is 457 g/mol. The molecule has 4 aromatic rings. The normalized spacial score (nSPS) is 11.2. The lowest BCUT2D eigenvalue weighted by molar-refractivity contribution is 0.373. The minimum atomic E-state index is -4.11. The van der Waals surface area contributed by atoms with Crippen LogP contribution in [0, 0.1) is 0 Å². The second kappa shape index (κ2) is 8.63. The number of benzene rings is 2. The van der Waals surface area contributed by atoms with Gasteiger partial charge in [-0.05, 0) is 30.3 Å². The minimum absolute atomic E-state index is 0.0310. The van der Waals surface area contributed by atoms with Crippen LogP contribution in [-0.2, 0) is 10.0 Å². The van der Waals surface area contributed by atoms with Gasteiger partial charge in [-0.2, -0.15) is 0 Å². The van der Waals surface area contributed by atoms with Crippen molar-refractivity contribution < 1.29 is 31.6 Å². The molecule has 0 aliphatic heterocycles. The van der Waals surface area contributed by atoms with Crippen LogP contribution in [0.5, 0.6) is 17.2 Å². The van der Waals surface area contributed by atoms with Crippen LogP contribution in [-0.4, -0.2) is 39.9 Å². The zero-order valence-electron chi connectivity index (χ0n) is 17.4. The topological polar surface area (TPSA) is 126 Å². The molecule has 0 saturated carbocycles. The molecular formula is C21H19N3O7S. The smallest absolute Gasteiger partial charge is 0.270 e. The zero-order chi connectivity index (χ0) is 22.7. The second-order valence-electron chi connectivity index (χ2n) is 6.43. The van der Waals surface area contributed by atoms with E-state index in [1.165, 1.54) is 52.0 Å². The maximum absolute atomic E-state index is 13.0. The van der Waals surface area contributed by atoms with Crippen LogP contribution in [0.4, 0.5) is 5.82 Å². The Morgan fingerprint density at radius 1 is 0.938 bits per heavy atom. The van der Waals surface area contributed by atoms with Crippen molar-refractivity contribution in [3.05, 3.63) is 54.9 Å². The fourth-order valence-electron chi connectivity index (χ4n) is 3.12. The van der Waals surface area contributed by atoms with Gasteiger partial charge in [0.05, 0.1) is 33.1 Å². The van der Waals surface area contributed by atoms with Crippen molar-refractivity contribution >= 4 is 15.8 Å². The van der Waals surface area contributed by atoms with Gasteiger partial charge in [0.15, 0.2) is 16.5 Å². The number of rotatable bonds is 8. The molecule has 0 spiro atoms. The van der Waals surface area contributed by atoms with Crippen molar-refractivity contribution in [1.29, 1.82) is 0 Å². The van der Waals surface area contributed by atoms with Crippen molar-refractivity contribution in [2.24, 2.45) is 0 Å². The van der Waals surface area contributed by atoms with E-state index in [4.69, 9.17) is 23.2 Å². The molecule has 166 valence electrons. The molecule has 11 heteroatoms. The Hall–Kier alpha value is -3.99. The second-order valence-corrected chi connectivity index (χ2v) is 8.05. The van der Waals surface area contributed by atoms with E-state index in [0.29, 0.717) is 22.8 Å². The number of nitrogens with one attached hydrogen (secondary N) is 1. The third kappa shape index (κ3) is 3.97. The van der Waals surface area contributed by atoms with E-state index in [9.17, 15) is 8.42 Å². The first-order valence-corrected chi connectivity index (χ1v) is 10.7. The van der Waals surface area contributed by atoms with Gasteiger partial charge in [0.2, 0.25) is 5.89 Å². The third-order valence-corrected chi connectivity index (χ3v) is 5.96. The van der Waals surface area contributed by atoms with E-state index < -0.39 is 10.0 Å². The summed E-state index contributed by atoms with van der Waals surface area (Å²) in [6.07, 6.45) is 3.00. The first kappa shape index (κ1) is 21.2. The lowest BCUT2D eigenvalue weighted by Crippen LogP contribution is -2.15. The van der Waals surface area contributed by atoms with Gasteiger partial charge >= 0.3 is 0 Å². The molecule has 2 aromatic carbocycles. The minimum Gasteiger partial charge on any atom is -0.496 e. The largest absolute Gasteiger partial charge is 0.496 e. The third-order valence-electron chi connectivity index (χ3n) is 4.54. The molecule has 0 aliphatic carbocycles. The van der Waals surface area contributed by atoms with Crippen LogP contribution in [0.15, 0.2) is 68.8 Å². The predicted molar refractivity (Wildman–Crippen MR) is 114 cm³/mol. The molecule has 0 unspecified atom stereocenters. The fourth-order valence-corrected chi connectivity index (χ4v) is 4.43. The molecule has 4 rings (SSSR count). The Morgan fingerprint density at radius 2 is 1.66 bits per heavy atom. The first-order valence-electron chi connectivity index (χ1n) is 9.25. The number of ether oxygens (including phenoxy) is 3. The van der Waals surface area contributed by atoms with E-state index in [1.807, 2.05) is 0 Å². The van der Waals surface area contributed by atoms with Crippen LogP contribution >= 0.6 is 0 Å². The molecule has 2 heterocycles. The number of anilines is 1. The summed E-state index contributed by atoms with van der Waals surface area (Å²) in [6.45, 7) is 0. The van der Waals surface area contributed by atoms with Crippen molar-refractivity contribution in [1.82, 2.24) is 10.1 Å². The van der Waals surface area contributed by atoms with Crippen molar-refractivity contribution in [3.63, 3.8) is 0 Å². The first-order chi connectivity index (χ1) is 15.5. The molecular weight excluding hydrogens is 438 g/mol. The van der Waals surface area contributed by atoms with Crippen molar-refractivity contribution in [3.8, 4) is 40.0 Å². The standard InChI is InChI=1S/C21H19N3O7S/c1-27-15-8-7-13(21-22-9-10-30-21)11-14(15)18-12-19(23-31-18)24-32(25,26)20-16(28-2)5-4-6-17(20)29-3/h4-12H,1-3H3,(H,23,24). The average Bonchev–Trinajstić information content (AvgIpc) is 3.50. The van der Waals surface area contributed by atoms with E-state index in [1.54, 1.807) is 24.3 Å². The van der Waals surface area contributed by atoms with Gasteiger partial charge in [-0.3, -0.25) is 4.72 Å². The predicted octanol–water partition coefficient (Wildman–Crippen LogP) is 3.82. The number of hydrogen-bond acceptors (Lipinski definition) is 9. The Morgan fingerprint density at radius 3 is 2.28 bits per heavy atom. The Balaban J connectivity index is 1.69. The number of nitrogens with zero attached hydrogens (tertiary/aromatic N) is 2. The highest BCUT2D eigenvalue weighted by Gasteiger charge is 2.26. The van der Waals surface area contributed by atoms with Gasteiger partial charge in [-0.15, -0.1) is 0 Å². The highest BCUT2D eigenvalue weighted by molar-refractivity contribution is 7.93. The van der Waals surface area contributed by atoms with Gasteiger partial charge in [-0.1, -0.05) is 11.2 Å². The molecule has 0 amide bonds. The molecule has 0 fully saturated rings. The number of hydrogen-bond donors (Lipinski definition) is 1. The molecule has 1 N–H and O–H groups in total. The van der Waals surface area contributed by atoms with Crippen molar-refractivity contribution in [2.75, 3.05) is 26.1 Å². The quantitative estimate of drug-likeness (QED) is 0.420. The summed E-state index contributed by atoms with van der Waals surface area (Å²) in [6, 6.07) is 11.3. The van der Waals surface area contributed by atoms with Crippen molar-refractivity contribution in [2.45, 2.75) is 4.90 Å². The van der Waals surface area contributed by atoms with Crippen LogP contribution < -0.4 is 18.9 Å². The van der Waals surface area contributed by atoms with Crippen LogP contribution in [0.3, 0.4) is 0 Å². The van der Waals surface area contributed by atoms with Gasteiger partial charge in [0.1, 0.15) is 23.5 Å². The molecule has 0 atom stereocenters. The van der Waals surface area contributed by atoms with Crippen LogP contribution in [0.25, 0.3) is 22.8 Å². The molecule has 0 radical (unpaired) electrons. The van der Waals surface area contributed by atoms with E-state index >= 15 is 0 Å². The summed E-state index contributed by atoms with van der Waals surface area (Å²) >= 11 is 0. The van der Waals surface area contributed by atoms with E-state index in [-0.39, 0.29) is 28.0 Å². The zero-order valence-corrected chi connectivity index (χ0v) is 18.2. The van der Waals surface area contributed by atoms with Gasteiger partial charge < -0.3 is 23.2 Å². The number of aromatic nitrogens is 2. The molecule has 2 aromatic heterocycles. The maximum atomic E-state index is 13.0. The summed E-state index contributed by atoms with van der Waals surface area (Å²) in [5.41, 5.74) is 1.22. The molecule has 32 heavy (non-hydrogen) atoms. The Bertz CT molecular complexity index is 1310. The molecule has 10 nitrogen and oxygen atoms in total. The average molecular weight is 457 g/mol. The lowest BCUT2D eigenvalue weighted by Gasteiger charge is -2.13. The number of sulfonamides is 1. The summed E-state index contributed by atoms with van der Waals surface area (Å²) < 4.78 is 55.0. The molecule has 0 saturated heterocycles. The lowest BCUT2D eigenvalue weighted by atomic mass is 10.1. The number of oxazole rings is 1. The fraction of sp³-hybridized carbons (Fsp3) is 0.143. The summed E-state index contributed by atoms with van der Waals surface area (Å²) in [7, 11) is 0.146. The highest BCUT2D eigenvalue weighted by Crippen LogP contribution is 2.37. The Labute approximate surface area is 183 Å². The van der Waals surface area contributed by atoms with Gasteiger partial charge in [0.25, 0.3) is 10.0 Å². The van der Waals surface area contributed by atoms with Crippen LogP contribution in [0.2, 0.25) is 0 Å². The van der Waals surface area contributed by atoms with Gasteiger partial charge in [0, 0.05) is 11.6 Å². The van der Waals surface area contributed by atoms with Crippen LogP contribution in [0.1, 0.15) is 0 Å². The maximum Gasteiger partial charge on any atom is 0.270 e. The highest BCUT2D eigenvalue weighted by atomic mass is 32.2. The van der Waals surface area contributed by atoms with Gasteiger partial charge in [-0.25, -0.2) is 13.4 Å². The van der Waals surface area contributed by atoms with E-state index in [0.717, 1.165) is 0 Å². The Kier molecular flexibility index (Phi) is 5.73. The summed E-state index contributed by atoms with van der Waals surface area (Å²) in [5.74, 6) is 1.41. The molecule has 0 aliphatic rings. The summed E-state index contributed by atoms with van der Waals surface area (Å²) in [4.78, 5) is 3.97.